The summed E-state index contributed by atoms with van der Waals surface area (Å²) in [6.07, 6.45) is 0.780. The predicted octanol–water partition coefficient (Wildman–Crippen LogP) is 5.05. The number of hydrogen-bond acceptors (Lipinski definition) is 4. The van der Waals surface area contributed by atoms with E-state index in [0.29, 0.717) is 24.1 Å². The molecule has 134 valence electrons. The highest BCUT2D eigenvalue weighted by Crippen LogP contribution is 2.35. The van der Waals surface area contributed by atoms with E-state index in [1.54, 1.807) is 14.0 Å². The lowest BCUT2D eigenvalue weighted by Gasteiger charge is -2.24. The molecule has 0 bridgehead atoms. The first-order valence-corrected chi connectivity index (χ1v) is 8.70. The van der Waals surface area contributed by atoms with Gasteiger partial charge < -0.3 is 9.84 Å². The third kappa shape index (κ3) is 3.69. The van der Waals surface area contributed by atoms with Crippen LogP contribution < -0.4 is 4.74 Å². The topological polar surface area (TPSA) is 58.9 Å². The van der Waals surface area contributed by atoms with Crippen molar-refractivity contribution in [2.75, 3.05) is 7.11 Å². The highest BCUT2D eigenvalue weighted by atomic mass is 16.5. The van der Waals surface area contributed by atoms with Crippen molar-refractivity contribution in [1.82, 2.24) is 0 Å². The van der Waals surface area contributed by atoms with E-state index < -0.39 is 0 Å². The number of ketones is 1. The van der Waals surface area contributed by atoms with E-state index >= 15 is 0 Å². The van der Waals surface area contributed by atoms with Crippen LogP contribution in [-0.2, 0) is 4.79 Å². The summed E-state index contributed by atoms with van der Waals surface area (Å²) >= 11 is 0. The fraction of sp³-hybridized carbons (Fsp3) is 0.273. The third-order valence-corrected chi connectivity index (χ3v) is 4.77. The molecule has 1 N–H and O–H groups in total. The molecular weight excluding hydrogens is 326 g/mol. The van der Waals surface area contributed by atoms with Gasteiger partial charge in [0.1, 0.15) is 11.5 Å². The molecule has 0 amide bonds. The second kappa shape index (κ2) is 7.56. The zero-order valence-electron chi connectivity index (χ0n) is 15.3. The molecule has 1 atom stereocenters. The summed E-state index contributed by atoms with van der Waals surface area (Å²) in [7, 11) is 1.62. The second-order valence-electron chi connectivity index (χ2n) is 6.61. The maximum absolute atomic E-state index is 12.7. The molecule has 0 saturated carbocycles. The summed E-state index contributed by atoms with van der Waals surface area (Å²) in [5.74, 6) is 0.745. The Balaban J connectivity index is 1.90. The van der Waals surface area contributed by atoms with Crippen LogP contribution in [0.4, 0.5) is 5.69 Å². The molecule has 0 spiro atoms. The Morgan fingerprint density at radius 1 is 1.15 bits per heavy atom. The van der Waals surface area contributed by atoms with Crippen LogP contribution in [0.15, 0.2) is 64.9 Å². The van der Waals surface area contributed by atoms with Gasteiger partial charge in [0.2, 0.25) is 0 Å². The smallest absolute Gasteiger partial charge is 0.168 e. The van der Waals surface area contributed by atoms with Crippen molar-refractivity contribution >= 4 is 17.2 Å². The number of aliphatic imine (C=N–C) groups is 1. The SMILES string of the molecule is COc1cccc(C2CC(=O)C(C(C)=Nc3ccccc3C)=C(O)C2)c1. The number of benzene rings is 2. The number of carbonyl (C=O) groups is 1. The van der Waals surface area contributed by atoms with E-state index in [2.05, 4.69) is 4.99 Å². The van der Waals surface area contributed by atoms with Gasteiger partial charge in [0.25, 0.3) is 0 Å². The van der Waals surface area contributed by atoms with E-state index in [1.165, 1.54) is 0 Å². The molecule has 0 fully saturated rings. The number of methoxy groups -OCH3 is 1. The Kier molecular flexibility index (Phi) is 5.21. The number of rotatable bonds is 4. The Morgan fingerprint density at radius 3 is 2.62 bits per heavy atom. The minimum Gasteiger partial charge on any atom is -0.511 e. The quantitative estimate of drug-likeness (QED) is 0.785. The number of ether oxygens (including phenoxy) is 1. The van der Waals surface area contributed by atoms with Crippen molar-refractivity contribution in [1.29, 1.82) is 0 Å². The highest BCUT2D eigenvalue weighted by molar-refractivity contribution is 6.23. The van der Waals surface area contributed by atoms with Crippen LogP contribution in [0.25, 0.3) is 0 Å². The molecule has 1 aliphatic carbocycles. The summed E-state index contributed by atoms with van der Waals surface area (Å²) in [5.41, 5.74) is 3.76. The molecule has 4 nitrogen and oxygen atoms in total. The monoisotopic (exact) mass is 349 g/mol. The van der Waals surface area contributed by atoms with Crippen molar-refractivity contribution in [2.24, 2.45) is 4.99 Å². The van der Waals surface area contributed by atoms with E-state index in [1.807, 2.05) is 55.5 Å². The first-order chi connectivity index (χ1) is 12.5. The number of allylic oxidation sites excluding steroid dienone is 2. The highest BCUT2D eigenvalue weighted by Gasteiger charge is 2.30. The molecule has 1 unspecified atom stereocenters. The summed E-state index contributed by atoms with van der Waals surface area (Å²) in [6.45, 7) is 3.75. The van der Waals surface area contributed by atoms with Gasteiger partial charge in [-0.3, -0.25) is 9.79 Å². The molecule has 4 heteroatoms. The van der Waals surface area contributed by atoms with Gasteiger partial charge in [-0.25, -0.2) is 0 Å². The first-order valence-electron chi connectivity index (χ1n) is 8.70. The van der Waals surface area contributed by atoms with E-state index in [-0.39, 0.29) is 17.5 Å². The van der Waals surface area contributed by atoms with Crippen molar-refractivity contribution in [3.8, 4) is 5.75 Å². The number of Topliss-reactive ketones (excluding diaryl/α,β-unsaturated/α-hetero) is 1. The van der Waals surface area contributed by atoms with Gasteiger partial charge in [0.15, 0.2) is 5.78 Å². The lowest BCUT2D eigenvalue weighted by molar-refractivity contribution is -0.116. The van der Waals surface area contributed by atoms with E-state index in [4.69, 9.17) is 4.74 Å². The third-order valence-electron chi connectivity index (χ3n) is 4.77. The molecule has 2 aromatic carbocycles. The normalized spacial score (nSPS) is 18.2. The Bertz CT molecular complexity index is 896. The number of para-hydroxylation sites is 1. The molecular formula is C22H23NO3. The standard InChI is InChI=1S/C22H23NO3/c1-14-7-4-5-10-19(14)23-15(2)22-20(24)12-17(13-21(22)25)16-8-6-9-18(11-16)26-3/h4-11,17,24H,12-13H2,1-3H3. The molecule has 26 heavy (non-hydrogen) atoms. The van der Waals surface area contributed by atoms with Crippen LogP contribution in [0, 0.1) is 6.92 Å². The molecule has 2 aromatic rings. The summed E-state index contributed by atoms with van der Waals surface area (Å²) in [6, 6.07) is 15.4. The van der Waals surface area contributed by atoms with Crippen LogP contribution in [0.5, 0.6) is 5.75 Å². The van der Waals surface area contributed by atoms with Gasteiger partial charge in [-0.05, 0) is 49.1 Å². The zero-order valence-corrected chi connectivity index (χ0v) is 15.3. The maximum Gasteiger partial charge on any atom is 0.168 e. The summed E-state index contributed by atoms with van der Waals surface area (Å²) in [4.78, 5) is 17.3. The van der Waals surface area contributed by atoms with Gasteiger partial charge in [-0.15, -0.1) is 0 Å². The maximum atomic E-state index is 12.7. The fourth-order valence-corrected chi connectivity index (χ4v) is 3.36. The summed E-state index contributed by atoms with van der Waals surface area (Å²) in [5, 5.41) is 10.6. The lowest BCUT2D eigenvalue weighted by Crippen LogP contribution is -2.22. The number of aliphatic hydroxyl groups is 1. The van der Waals surface area contributed by atoms with Crippen LogP contribution in [0.1, 0.15) is 36.8 Å². The molecule has 1 aliphatic rings. The second-order valence-corrected chi connectivity index (χ2v) is 6.61. The molecule has 0 saturated heterocycles. The number of carbonyl (C=O) groups excluding carboxylic acids is 1. The average Bonchev–Trinajstić information content (AvgIpc) is 2.63. The largest absolute Gasteiger partial charge is 0.511 e. The number of hydrogen-bond donors (Lipinski definition) is 1. The lowest BCUT2D eigenvalue weighted by atomic mass is 9.81. The van der Waals surface area contributed by atoms with Crippen LogP contribution in [-0.4, -0.2) is 23.7 Å². The van der Waals surface area contributed by atoms with Crippen molar-refractivity contribution in [3.05, 3.63) is 71.0 Å². The van der Waals surface area contributed by atoms with Crippen LogP contribution in [0.3, 0.4) is 0 Å². The van der Waals surface area contributed by atoms with Crippen molar-refractivity contribution in [3.63, 3.8) is 0 Å². The number of nitrogens with zero attached hydrogens (tertiary/aromatic N) is 1. The molecule has 0 radical (unpaired) electrons. The number of aliphatic hydroxyl groups excluding tert-OH is 1. The number of aryl methyl sites for hydroxylation is 1. The molecule has 0 aromatic heterocycles. The van der Waals surface area contributed by atoms with Crippen molar-refractivity contribution < 1.29 is 14.6 Å². The fourth-order valence-electron chi connectivity index (χ4n) is 3.36. The minimum absolute atomic E-state index is 0.0485. The van der Waals surface area contributed by atoms with Crippen molar-refractivity contribution in [2.45, 2.75) is 32.6 Å². The summed E-state index contributed by atoms with van der Waals surface area (Å²) < 4.78 is 5.26. The molecule has 3 rings (SSSR count). The average molecular weight is 349 g/mol. The Labute approximate surface area is 153 Å². The van der Waals surface area contributed by atoms with E-state index in [9.17, 15) is 9.90 Å². The predicted molar refractivity (Wildman–Crippen MR) is 104 cm³/mol. The zero-order chi connectivity index (χ0) is 18.7. The first kappa shape index (κ1) is 17.9. The van der Waals surface area contributed by atoms with Crippen LogP contribution >= 0.6 is 0 Å². The van der Waals surface area contributed by atoms with Crippen LogP contribution in [0.2, 0.25) is 0 Å². The Hall–Kier alpha value is -2.88. The van der Waals surface area contributed by atoms with Gasteiger partial charge in [0, 0.05) is 12.8 Å². The van der Waals surface area contributed by atoms with Gasteiger partial charge in [0.05, 0.1) is 24.1 Å². The molecule has 0 aliphatic heterocycles. The minimum atomic E-state index is -0.0728. The van der Waals surface area contributed by atoms with E-state index in [0.717, 1.165) is 22.6 Å². The van der Waals surface area contributed by atoms with Gasteiger partial charge >= 0.3 is 0 Å². The van der Waals surface area contributed by atoms with Gasteiger partial charge in [-0.1, -0.05) is 30.3 Å². The molecule has 0 heterocycles. The Morgan fingerprint density at radius 2 is 1.92 bits per heavy atom. The van der Waals surface area contributed by atoms with Gasteiger partial charge in [-0.2, -0.15) is 0 Å².